The first kappa shape index (κ1) is 19.6. The van der Waals surface area contributed by atoms with Gasteiger partial charge in [-0.25, -0.2) is 0 Å². The largest absolute Gasteiger partial charge is 0.324 e. The quantitative estimate of drug-likeness (QED) is 0.615. The molecule has 0 aliphatic heterocycles. The summed E-state index contributed by atoms with van der Waals surface area (Å²) in [7, 11) is 0. The lowest BCUT2D eigenvalue weighted by molar-refractivity contribution is -0.115. The van der Waals surface area contributed by atoms with Gasteiger partial charge in [-0.05, 0) is 37.6 Å². The van der Waals surface area contributed by atoms with Gasteiger partial charge in [-0.15, -0.1) is 10.2 Å². The molecule has 142 valence electrons. The second-order valence-corrected chi connectivity index (χ2v) is 7.41. The Kier molecular flexibility index (Phi) is 6.40. The summed E-state index contributed by atoms with van der Waals surface area (Å²) >= 11 is 1.35. The lowest BCUT2D eigenvalue weighted by Crippen LogP contribution is -2.23. The van der Waals surface area contributed by atoms with Gasteiger partial charge in [0.1, 0.15) is 6.07 Å². The Morgan fingerprint density at radius 2 is 2.00 bits per heavy atom. The van der Waals surface area contributed by atoms with Gasteiger partial charge >= 0.3 is 0 Å². The average Bonchev–Trinajstić information content (AvgIpc) is 3.11. The number of benzene rings is 1. The molecule has 7 nitrogen and oxygen atoms in total. The van der Waals surface area contributed by atoms with E-state index in [2.05, 4.69) is 33.5 Å². The molecule has 0 aliphatic carbocycles. The Balaban J connectivity index is 1.78. The van der Waals surface area contributed by atoms with E-state index in [0.717, 1.165) is 24.4 Å². The SMILES string of the molecule is CCCn1c(S[C@H](C)C(=O)Nc2ccccc2C#N)nnc1-c1ccncc1. The summed E-state index contributed by atoms with van der Waals surface area (Å²) in [4.78, 5) is 16.7. The number of aromatic nitrogens is 4. The van der Waals surface area contributed by atoms with Crippen molar-refractivity contribution in [3.63, 3.8) is 0 Å². The van der Waals surface area contributed by atoms with E-state index in [1.165, 1.54) is 11.8 Å². The maximum atomic E-state index is 12.6. The first-order chi connectivity index (χ1) is 13.6. The van der Waals surface area contributed by atoms with E-state index in [-0.39, 0.29) is 5.91 Å². The Bertz CT molecular complexity index is 995. The lowest BCUT2D eigenvalue weighted by atomic mass is 10.2. The standard InChI is InChI=1S/C20H20N6OS/c1-3-12-26-18(15-8-10-22-11-9-15)24-25-20(26)28-14(2)19(27)23-17-7-5-4-6-16(17)13-21/h4-11,14H,3,12H2,1-2H3,(H,23,27)/t14-/m1/s1. The fourth-order valence-corrected chi connectivity index (χ4v) is 3.53. The van der Waals surface area contributed by atoms with E-state index in [0.29, 0.717) is 16.4 Å². The number of hydrogen-bond acceptors (Lipinski definition) is 6. The lowest BCUT2D eigenvalue weighted by Gasteiger charge is -2.14. The molecule has 0 spiro atoms. The maximum absolute atomic E-state index is 12.6. The van der Waals surface area contributed by atoms with Gasteiger partial charge in [-0.2, -0.15) is 5.26 Å². The molecule has 0 aliphatic rings. The van der Waals surface area contributed by atoms with Gasteiger partial charge in [0.25, 0.3) is 0 Å². The summed E-state index contributed by atoms with van der Waals surface area (Å²) in [5.41, 5.74) is 1.87. The van der Waals surface area contributed by atoms with E-state index in [4.69, 9.17) is 0 Å². The number of carbonyl (C=O) groups is 1. The highest BCUT2D eigenvalue weighted by atomic mass is 32.2. The number of thioether (sulfide) groups is 1. The summed E-state index contributed by atoms with van der Waals surface area (Å²) in [6.45, 7) is 4.64. The van der Waals surface area contributed by atoms with Crippen molar-refractivity contribution in [3.05, 3.63) is 54.4 Å². The highest BCUT2D eigenvalue weighted by molar-refractivity contribution is 8.00. The molecule has 0 saturated carbocycles. The average molecular weight is 392 g/mol. The molecule has 1 N–H and O–H groups in total. The number of para-hydroxylation sites is 1. The molecule has 0 saturated heterocycles. The van der Waals surface area contributed by atoms with Gasteiger partial charge in [0.05, 0.1) is 16.5 Å². The van der Waals surface area contributed by atoms with Gasteiger partial charge < -0.3 is 9.88 Å². The van der Waals surface area contributed by atoms with Crippen molar-refractivity contribution in [1.29, 1.82) is 5.26 Å². The number of rotatable bonds is 7. The van der Waals surface area contributed by atoms with Crippen molar-refractivity contribution in [1.82, 2.24) is 19.7 Å². The van der Waals surface area contributed by atoms with Gasteiger partial charge in [0.2, 0.25) is 5.91 Å². The minimum atomic E-state index is -0.406. The molecule has 0 unspecified atom stereocenters. The van der Waals surface area contributed by atoms with Crippen LogP contribution in [0.5, 0.6) is 0 Å². The monoisotopic (exact) mass is 392 g/mol. The molecule has 0 radical (unpaired) electrons. The molecule has 1 amide bonds. The fourth-order valence-electron chi connectivity index (χ4n) is 2.65. The van der Waals surface area contributed by atoms with Crippen molar-refractivity contribution in [3.8, 4) is 17.5 Å². The van der Waals surface area contributed by atoms with Gasteiger partial charge in [0.15, 0.2) is 11.0 Å². The zero-order valence-corrected chi connectivity index (χ0v) is 16.5. The number of hydrogen-bond donors (Lipinski definition) is 1. The fraction of sp³-hybridized carbons (Fsp3) is 0.250. The van der Waals surface area contributed by atoms with E-state index in [1.807, 2.05) is 23.6 Å². The zero-order valence-electron chi connectivity index (χ0n) is 15.7. The minimum Gasteiger partial charge on any atom is -0.324 e. The number of nitriles is 1. The van der Waals surface area contributed by atoms with Crippen LogP contribution < -0.4 is 5.32 Å². The molecule has 2 heterocycles. The summed E-state index contributed by atoms with van der Waals surface area (Å²) in [6, 6.07) is 12.8. The molecular weight excluding hydrogens is 372 g/mol. The van der Waals surface area contributed by atoms with E-state index < -0.39 is 5.25 Å². The molecule has 28 heavy (non-hydrogen) atoms. The van der Waals surface area contributed by atoms with Gasteiger partial charge in [-0.3, -0.25) is 9.78 Å². The van der Waals surface area contributed by atoms with Crippen molar-refractivity contribution < 1.29 is 4.79 Å². The van der Waals surface area contributed by atoms with E-state index in [1.54, 1.807) is 36.7 Å². The minimum absolute atomic E-state index is 0.191. The van der Waals surface area contributed by atoms with Crippen LogP contribution in [0.15, 0.2) is 53.9 Å². The summed E-state index contributed by atoms with van der Waals surface area (Å²) in [6.07, 6.45) is 4.35. The van der Waals surface area contributed by atoms with Crippen LogP contribution in [0.2, 0.25) is 0 Å². The molecule has 1 aromatic carbocycles. The predicted octanol–water partition coefficient (Wildman–Crippen LogP) is 3.74. The summed E-state index contributed by atoms with van der Waals surface area (Å²) in [5, 5.41) is 20.9. The number of nitrogens with zero attached hydrogens (tertiary/aromatic N) is 5. The Morgan fingerprint density at radius 1 is 1.25 bits per heavy atom. The Labute approximate surface area is 167 Å². The molecular formula is C20H20N6OS. The van der Waals surface area contributed by atoms with Crippen LogP contribution in [0.25, 0.3) is 11.4 Å². The van der Waals surface area contributed by atoms with Crippen molar-refractivity contribution in [2.75, 3.05) is 5.32 Å². The van der Waals surface area contributed by atoms with Gasteiger partial charge in [0, 0.05) is 24.5 Å². The molecule has 8 heteroatoms. The zero-order chi connectivity index (χ0) is 19.9. The molecule has 1 atom stereocenters. The third-order valence-corrected chi connectivity index (χ3v) is 5.14. The van der Waals surface area contributed by atoms with E-state index >= 15 is 0 Å². The van der Waals surface area contributed by atoms with E-state index in [9.17, 15) is 10.1 Å². The number of nitrogens with one attached hydrogen (secondary N) is 1. The maximum Gasteiger partial charge on any atom is 0.237 e. The van der Waals surface area contributed by atoms with Crippen LogP contribution in [0.3, 0.4) is 0 Å². The second-order valence-electron chi connectivity index (χ2n) is 6.10. The van der Waals surface area contributed by atoms with Crippen LogP contribution in [0, 0.1) is 11.3 Å². The number of anilines is 1. The summed E-state index contributed by atoms with van der Waals surface area (Å²) in [5.74, 6) is 0.568. The molecule has 3 rings (SSSR count). The number of pyridine rings is 1. The number of amides is 1. The molecule has 0 bridgehead atoms. The van der Waals surface area contributed by atoms with Gasteiger partial charge in [-0.1, -0.05) is 30.8 Å². The molecule has 0 fully saturated rings. The van der Waals surface area contributed by atoms with Crippen molar-refractivity contribution in [2.24, 2.45) is 0 Å². The van der Waals surface area contributed by atoms with Crippen LogP contribution in [-0.2, 0) is 11.3 Å². The third-order valence-electron chi connectivity index (χ3n) is 4.06. The van der Waals surface area contributed by atoms with Crippen LogP contribution in [0.4, 0.5) is 5.69 Å². The predicted molar refractivity (Wildman–Crippen MR) is 109 cm³/mol. The third kappa shape index (κ3) is 4.38. The summed E-state index contributed by atoms with van der Waals surface area (Å²) < 4.78 is 2.02. The molecule has 2 aromatic heterocycles. The highest BCUT2D eigenvalue weighted by Crippen LogP contribution is 2.27. The van der Waals surface area contributed by atoms with Crippen molar-refractivity contribution >= 4 is 23.4 Å². The van der Waals surface area contributed by atoms with Crippen LogP contribution in [-0.4, -0.2) is 30.9 Å². The Morgan fingerprint density at radius 3 is 2.71 bits per heavy atom. The first-order valence-electron chi connectivity index (χ1n) is 8.94. The number of carbonyl (C=O) groups excluding carboxylic acids is 1. The van der Waals surface area contributed by atoms with Crippen molar-refractivity contribution in [2.45, 2.75) is 37.2 Å². The highest BCUT2D eigenvalue weighted by Gasteiger charge is 2.21. The first-order valence-corrected chi connectivity index (χ1v) is 9.82. The van der Waals surface area contributed by atoms with Crippen LogP contribution in [0.1, 0.15) is 25.8 Å². The second kappa shape index (κ2) is 9.15. The topological polar surface area (TPSA) is 96.5 Å². The molecule has 3 aromatic rings. The van der Waals surface area contributed by atoms with Crippen LogP contribution >= 0.6 is 11.8 Å². The Hall–Kier alpha value is -3.18. The smallest absolute Gasteiger partial charge is 0.237 e. The normalized spacial score (nSPS) is 11.6.